The molecule has 0 spiro atoms. The van der Waals surface area contributed by atoms with Gasteiger partial charge in [0.05, 0.1) is 6.04 Å². The van der Waals surface area contributed by atoms with Crippen molar-refractivity contribution in [1.82, 2.24) is 5.32 Å². The van der Waals surface area contributed by atoms with Gasteiger partial charge in [-0.3, -0.25) is 4.79 Å². The van der Waals surface area contributed by atoms with Gasteiger partial charge in [-0.2, -0.15) is 0 Å². The summed E-state index contributed by atoms with van der Waals surface area (Å²) in [5.41, 5.74) is 5.53. The molecule has 1 amide bonds. The predicted octanol–water partition coefficient (Wildman–Crippen LogP) is 7.75. The number of aryl methyl sites for hydroxylation is 1. The van der Waals surface area contributed by atoms with E-state index in [1.165, 1.54) is 49.7 Å². The Balaban J connectivity index is 1.51. The van der Waals surface area contributed by atoms with Gasteiger partial charge in [-0.15, -0.1) is 0 Å². The van der Waals surface area contributed by atoms with E-state index < -0.39 is 0 Å². The molecule has 0 bridgehead atoms. The lowest BCUT2D eigenvalue weighted by atomic mass is 10.00. The van der Waals surface area contributed by atoms with Crippen molar-refractivity contribution in [3.05, 3.63) is 95.6 Å². The summed E-state index contributed by atoms with van der Waals surface area (Å²) < 4.78 is 0. The molecule has 0 fully saturated rings. The number of benzene rings is 3. The van der Waals surface area contributed by atoms with Gasteiger partial charge in [-0.25, -0.2) is 0 Å². The van der Waals surface area contributed by atoms with Crippen molar-refractivity contribution < 1.29 is 4.79 Å². The van der Waals surface area contributed by atoms with Crippen LogP contribution < -0.4 is 5.32 Å². The van der Waals surface area contributed by atoms with Gasteiger partial charge >= 0.3 is 0 Å². The van der Waals surface area contributed by atoms with E-state index in [2.05, 4.69) is 36.5 Å². The molecule has 0 heterocycles. The summed E-state index contributed by atoms with van der Waals surface area (Å²) in [7, 11) is 0. The SMILES string of the molecule is CCCCCCCCc1ccc(-c2ccc(C(=O)N[C@H](C)c3ccccc3)cc2)cc1. The second-order valence-corrected chi connectivity index (χ2v) is 8.40. The first-order chi connectivity index (χ1) is 15.2. The Hall–Kier alpha value is -2.87. The Kier molecular flexibility index (Phi) is 8.90. The summed E-state index contributed by atoms with van der Waals surface area (Å²) in [5.74, 6) is -0.0443. The molecule has 3 aromatic rings. The van der Waals surface area contributed by atoms with E-state index in [-0.39, 0.29) is 11.9 Å². The van der Waals surface area contributed by atoms with Crippen LogP contribution in [0.1, 0.15) is 79.9 Å². The fourth-order valence-electron chi connectivity index (χ4n) is 3.89. The highest BCUT2D eigenvalue weighted by molar-refractivity contribution is 5.94. The minimum Gasteiger partial charge on any atom is -0.346 e. The number of hydrogen-bond donors (Lipinski definition) is 1. The smallest absolute Gasteiger partial charge is 0.251 e. The molecule has 162 valence electrons. The van der Waals surface area contributed by atoms with Gasteiger partial charge in [0.25, 0.3) is 5.91 Å². The van der Waals surface area contributed by atoms with Crippen LogP contribution in [0.2, 0.25) is 0 Å². The average molecular weight is 414 g/mol. The Bertz CT molecular complexity index is 913. The predicted molar refractivity (Wildman–Crippen MR) is 131 cm³/mol. The number of carbonyl (C=O) groups excluding carboxylic acids is 1. The number of nitrogens with one attached hydrogen (secondary N) is 1. The maximum absolute atomic E-state index is 12.6. The van der Waals surface area contributed by atoms with Crippen molar-refractivity contribution in [3.8, 4) is 11.1 Å². The van der Waals surface area contributed by atoms with E-state index in [1.807, 2.05) is 61.5 Å². The van der Waals surface area contributed by atoms with Crippen molar-refractivity contribution >= 4 is 5.91 Å². The molecule has 3 aromatic carbocycles. The second kappa shape index (κ2) is 12.1. The molecule has 31 heavy (non-hydrogen) atoms. The highest BCUT2D eigenvalue weighted by atomic mass is 16.1. The number of rotatable bonds is 11. The molecule has 3 rings (SSSR count). The van der Waals surface area contributed by atoms with Crippen LogP contribution in [-0.2, 0) is 6.42 Å². The van der Waals surface area contributed by atoms with E-state index in [0.717, 1.165) is 17.5 Å². The number of amides is 1. The lowest BCUT2D eigenvalue weighted by molar-refractivity contribution is 0.0940. The Morgan fingerprint density at radius 3 is 1.97 bits per heavy atom. The van der Waals surface area contributed by atoms with Crippen molar-refractivity contribution in [2.75, 3.05) is 0 Å². The highest BCUT2D eigenvalue weighted by Gasteiger charge is 2.11. The van der Waals surface area contributed by atoms with Crippen LogP contribution >= 0.6 is 0 Å². The normalized spacial score (nSPS) is 11.8. The van der Waals surface area contributed by atoms with E-state index in [1.54, 1.807) is 0 Å². The summed E-state index contributed by atoms with van der Waals surface area (Å²) in [4.78, 5) is 12.6. The van der Waals surface area contributed by atoms with Gasteiger partial charge in [0.15, 0.2) is 0 Å². The largest absolute Gasteiger partial charge is 0.346 e. The van der Waals surface area contributed by atoms with Gasteiger partial charge in [0.2, 0.25) is 0 Å². The van der Waals surface area contributed by atoms with Crippen LogP contribution in [0.15, 0.2) is 78.9 Å². The quantitative estimate of drug-likeness (QED) is 0.320. The van der Waals surface area contributed by atoms with Gasteiger partial charge in [-0.05, 0) is 54.2 Å². The fraction of sp³-hybridized carbons (Fsp3) is 0.345. The van der Waals surface area contributed by atoms with E-state index in [4.69, 9.17) is 0 Å². The molecule has 0 aromatic heterocycles. The average Bonchev–Trinajstić information content (AvgIpc) is 2.82. The molecule has 0 unspecified atom stereocenters. The molecule has 0 aliphatic rings. The first kappa shape index (κ1) is 22.8. The number of unbranched alkanes of at least 4 members (excludes halogenated alkanes) is 5. The molecule has 0 aliphatic heterocycles. The summed E-state index contributed by atoms with van der Waals surface area (Å²) in [6.45, 7) is 4.27. The van der Waals surface area contributed by atoms with Crippen LogP contribution in [0.25, 0.3) is 11.1 Å². The molecule has 1 N–H and O–H groups in total. The molecule has 0 aliphatic carbocycles. The zero-order chi connectivity index (χ0) is 21.9. The number of carbonyl (C=O) groups is 1. The minimum absolute atomic E-state index is 0.0208. The van der Waals surface area contributed by atoms with Crippen LogP contribution in [0.3, 0.4) is 0 Å². The topological polar surface area (TPSA) is 29.1 Å². The van der Waals surface area contributed by atoms with Gasteiger partial charge < -0.3 is 5.32 Å². The lowest BCUT2D eigenvalue weighted by Gasteiger charge is -2.14. The molecule has 1 atom stereocenters. The van der Waals surface area contributed by atoms with Crippen molar-refractivity contribution in [1.29, 1.82) is 0 Å². The Morgan fingerprint density at radius 2 is 1.32 bits per heavy atom. The van der Waals surface area contributed by atoms with E-state index >= 15 is 0 Å². The molecule has 0 saturated carbocycles. The first-order valence-corrected chi connectivity index (χ1v) is 11.7. The highest BCUT2D eigenvalue weighted by Crippen LogP contribution is 2.22. The maximum atomic E-state index is 12.6. The molecular weight excluding hydrogens is 378 g/mol. The zero-order valence-corrected chi connectivity index (χ0v) is 18.9. The first-order valence-electron chi connectivity index (χ1n) is 11.7. The second-order valence-electron chi connectivity index (χ2n) is 8.40. The van der Waals surface area contributed by atoms with E-state index in [9.17, 15) is 4.79 Å². The third-order valence-electron chi connectivity index (χ3n) is 5.90. The van der Waals surface area contributed by atoms with Crippen LogP contribution in [0.5, 0.6) is 0 Å². The molecule has 2 heteroatoms. The Morgan fingerprint density at radius 1 is 0.742 bits per heavy atom. The fourth-order valence-corrected chi connectivity index (χ4v) is 3.89. The third kappa shape index (κ3) is 7.10. The Labute approximate surface area is 187 Å². The monoisotopic (exact) mass is 413 g/mol. The number of hydrogen-bond acceptors (Lipinski definition) is 1. The summed E-state index contributed by atoms with van der Waals surface area (Å²) in [6.07, 6.45) is 9.15. The maximum Gasteiger partial charge on any atom is 0.251 e. The van der Waals surface area contributed by atoms with Crippen molar-refractivity contribution in [3.63, 3.8) is 0 Å². The van der Waals surface area contributed by atoms with Crippen molar-refractivity contribution in [2.24, 2.45) is 0 Å². The summed E-state index contributed by atoms with van der Waals surface area (Å²) >= 11 is 0. The van der Waals surface area contributed by atoms with Gasteiger partial charge in [0.1, 0.15) is 0 Å². The molecule has 2 nitrogen and oxygen atoms in total. The molecule has 0 saturated heterocycles. The van der Waals surface area contributed by atoms with Crippen LogP contribution in [0.4, 0.5) is 0 Å². The van der Waals surface area contributed by atoms with Gasteiger partial charge in [-0.1, -0.05) is 106 Å². The lowest BCUT2D eigenvalue weighted by Crippen LogP contribution is -2.26. The summed E-state index contributed by atoms with van der Waals surface area (Å²) in [5, 5.41) is 3.08. The molecule has 0 radical (unpaired) electrons. The third-order valence-corrected chi connectivity index (χ3v) is 5.90. The van der Waals surface area contributed by atoms with Crippen LogP contribution in [0, 0.1) is 0 Å². The van der Waals surface area contributed by atoms with Gasteiger partial charge in [0, 0.05) is 5.56 Å². The van der Waals surface area contributed by atoms with E-state index in [0.29, 0.717) is 5.56 Å². The summed E-state index contributed by atoms with van der Waals surface area (Å²) in [6, 6.07) is 26.8. The van der Waals surface area contributed by atoms with Crippen LogP contribution in [-0.4, -0.2) is 5.91 Å². The minimum atomic E-state index is -0.0443. The van der Waals surface area contributed by atoms with Crippen molar-refractivity contribution in [2.45, 2.75) is 64.8 Å². The standard InChI is InChI=1S/C29H35NO/c1-3-4-5-6-7-9-12-24-15-17-26(18-16-24)27-19-21-28(22-20-27)29(31)30-23(2)25-13-10-8-11-14-25/h8,10-11,13-23H,3-7,9,12H2,1-2H3,(H,30,31)/t23-/m1/s1. The zero-order valence-electron chi connectivity index (χ0n) is 18.9. The molecular formula is C29H35NO.